The Morgan fingerprint density at radius 3 is 2.15 bits per heavy atom. The topological polar surface area (TPSA) is 0 Å². The van der Waals surface area contributed by atoms with Crippen LogP contribution in [0, 0.1) is 0 Å². The molecule has 0 aromatic heterocycles. The molecule has 0 nitrogen and oxygen atoms in total. The fourth-order valence-electron chi connectivity index (χ4n) is 2.00. The van der Waals surface area contributed by atoms with E-state index >= 15 is 0 Å². The first-order valence-corrected chi connectivity index (χ1v) is 8.87. The summed E-state index contributed by atoms with van der Waals surface area (Å²) in [6.07, 6.45) is 2.23. The lowest BCUT2D eigenvalue weighted by Gasteiger charge is -2.03. The van der Waals surface area contributed by atoms with E-state index in [2.05, 4.69) is 42.5 Å². The molecule has 0 spiro atoms. The Morgan fingerprint density at radius 2 is 1.50 bits per heavy atom. The summed E-state index contributed by atoms with van der Waals surface area (Å²) in [5.74, 6) is 0. The van der Waals surface area contributed by atoms with Crippen LogP contribution in [0.1, 0.15) is 11.1 Å². The molecule has 3 rings (SSSR count). The highest BCUT2D eigenvalue weighted by atomic mass is 33.1. The zero-order valence-electron chi connectivity index (χ0n) is 10.7. The van der Waals surface area contributed by atoms with Gasteiger partial charge in [-0.25, -0.2) is 0 Å². The second-order valence-corrected chi connectivity index (χ2v) is 6.75. The van der Waals surface area contributed by atoms with E-state index < -0.39 is 0 Å². The molecule has 0 N–H and O–H groups in total. The maximum Gasteiger partial charge on any atom is 0.0284 e. The van der Waals surface area contributed by atoms with Crippen molar-refractivity contribution >= 4 is 49.7 Å². The van der Waals surface area contributed by atoms with Crippen LogP contribution in [0.3, 0.4) is 0 Å². The van der Waals surface area contributed by atoms with Gasteiger partial charge in [0.2, 0.25) is 0 Å². The first-order chi connectivity index (χ1) is 9.88. The van der Waals surface area contributed by atoms with Gasteiger partial charge in [-0.3, -0.25) is 0 Å². The Kier molecular flexibility index (Phi) is 4.41. The molecule has 0 fully saturated rings. The van der Waals surface area contributed by atoms with Gasteiger partial charge in [0.15, 0.2) is 0 Å². The first kappa shape index (κ1) is 13.7. The van der Waals surface area contributed by atoms with Crippen molar-refractivity contribution in [1.82, 2.24) is 0 Å². The van der Waals surface area contributed by atoms with Crippen molar-refractivity contribution in [2.24, 2.45) is 0 Å². The molecule has 0 aliphatic carbocycles. The number of benzene rings is 2. The van der Waals surface area contributed by atoms with Crippen molar-refractivity contribution in [3.63, 3.8) is 0 Å². The molecular formula is C17H12S3. The highest BCUT2D eigenvalue weighted by molar-refractivity contribution is 8.82. The number of hydrogen-bond acceptors (Lipinski definition) is 3. The van der Waals surface area contributed by atoms with Gasteiger partial charge in [0.25, 0.3) is 0 Å². The SMILES string of the molecule is S=C/C(=C1/C=C(c2ccccc2)SS1)c1ccccc1. The summed E-state index contributed by atoms with van der Waals surface area (Å²) in [6, 6.07) is 20.8. The Hall–Kier alpha value is -1.29. The van der Waals surface area contributed by atoms with Crippen molar-refractivity contribution < 1.29 is 0 Å². The van der Waals surface area contributed by atoms with Crippen molar-refractivity contribution in [3.05, 3.63) is 82.8 Å². The van der Waals surface area contributed by atoms with E-state index in [9.17, 15) is 0 Å². The van der Waals surface area contributed by atoms with Gasteiger partial charge in [-0.05, 0) is 17.2 Å². The molecule has 0 unspecified atom stereocenters. The zero-order chi connectivity index (χ0) is 13.8. The third-order valence-corrected chi connectivity index (χ3v) is 5.71. The summed E-state index contributed by atoms with van der Waals surface area (Å²) in [7, 11) is 3.57. The molecule has 0 bridgehead atoms. The Bertz CT molecular complexity index is 670. The van der Waals surface area contributed by atoms with Gasteiger partial charge in [0.05, 0.1) is 0 Å². The summed E-state index contributed by atoms with van der Waals surface area (Å²) in [5.41, 5.74) is 3.57. The van der Waals surface area contributed by atoms with Crippen LogP contribution in [0.5, 0.6) is 0 Å². The van der Waals surface area contributed by atoms with Gasteiger partial charge in [-0.1, -0.05) is 94.5 Å². The normalized spacial score (nSPS) is 16.7. The third-order valence-electron chi connectivity index (χ3n) is 3.01. The number of allylic oxidation sites excluding steroid dienone is 2. The largest absolute Gasteiger partial charge is 0.0880 e. The van der Waals surface area contributed by atoms with E-state index in [-0.39, 0.29) is 0 Å². The van der Waals surface area contributed by atoms with Gasteiger partial charge >= 0.3 is 0 Å². The van der Waals surface area contributed by atoms with Crippen LogP contribution in [0.25, 0.3) is 10.5 Å². The van der Waals surface area contributed by atoms with Crippen LogP contribution >= 0.6 is 33.8 Å². The number of hydrogen-bond donors (Lipinski definition) is 0. The Balaban J connectivity index is 2.00. The van der Waals surface area contributed by atoms with E-state index in [4.69, 9.17) is 12.2 Å². The van der Waals surface area contributed by atoms with Crippen LogP contribution < -0.4 is 0 Å². The fraction of sp³-hybridized carbons (Fsp3) is 0. The second-order valence-electron chi connectivity index (χ2n) is 4.30. The molecule has 0 radical (unpaired) electrons. The molecule has 1 aliphatic heterocycles. The second kappa shape index (κ2) is 6.44. The summed E-state index contributed by atoms with van der Waals surface area (Å²) >= 11 is 5.21. The minimum atomic E-state index is 1.13. The maximum atomic E-state index is 5.21. The molecule has 2 aromatic rings. The summed E-state index contributed by atoms with van der Waals surface area (Å²) in [6.45, 7) is 0. The average Bonchev–Trinajstić information content (AvgIpc) is 3.00. The minimum Gasteiger partial charge on any atom is -0.0880 e. The van der Waals surface area contributed by atoms with E-state index in [1.54, 1.807) is 27.0 Å². The smallest absolute Gasteiger partial charge is 0.0284 e. The molecule has 98 valence electrons. The third kappa shape index (κ3) is 2.90. The summed E-state index contributed by atoms with van der Waals surface area (Å²) in [4.78, 5) is 2.52. The molecular weight excluding hydrogens is 300 g/mol. The molecule has 2 aromatic carbocycles. The maximum absolute atomic E-state index is 5.21. The molecule has 0 atom stereocenters. The lowest BCUT2D eigenvalue weighted by Crippen LogP contribution is -1.86. The predicted octanol–water partition coefficient (Wildman–Crippen LogP) is 5.83. The zero-order valence-corrected chi connectivity index (χ0v) is 13.1. The molecule has 1 aliphatic rings. The van der Waals surface area contributed by atoms with Crippen molar-refractivity contribution in [3.8, 4) is 0 Å². The highest BCUT2D eigenvalue weighted by Gasteiger charge is 2.16. The number of thiocarbonyl (C=S) groups is 1. The Labute approximate surface area is 132 Å². The summed E-state index contributed by atoms with van der Waals surface area (Å²) in [5, 5.41) is 1.78. The molecule has 3 heteroatoms. The van der Waals surface area contributed by atoms with Crippen molar-refractivity contribution in [2.75, 3.05) is 0 Å². The highest BCUT2D eigenvalue weighted by Crippen LogP contribution is 2.51. The van der Waals surface area contributed by atoms with Gasteiger partial charge < -0.3 is 0 Å². The van der Waals surface area contributed by atoms with E-state index in [1.807, 2.05) is 24.3 Å². The quantitative estimate of drug-likeness (QED) is 0.397. The molecule has 0 amide bonds. The molecule has 1 heterocycles. The van der Waals surface area contributed by atoms with Crippen LogP contribution in [0.15, 0.2) is 71.6 Å². The van der Waals surface area contributed by atoms with E-state index in [0.717, 1.165) is 5.57 Å². The molecule has 20 heavy (non-hydrogen) atoms. The molecule has 0 saturated carbocycles. The van der Waals surface area contributed by atoms with Gasteiger partial charge in [-0.2, -0.15) is 0 Å². The Morgan fingerprint density at radius 1 is 0.850 bits per heavy atom. The van der Waals surface area contributed by atoms with E-state index in [0.29, 0.717) is 0 Å². The van der Waals surface area contributed by atoms with Crippen LogP contribution in [-0.4, -0.2) is 5.37 Å². The standard InChI is InChI=1S/C17H12S3/c18-12-15(13-7-3-1-4-8-13)17-11-16(19-20-17)14-9-5-2-6-10-14/h1-12H/b17-15+. The van der Waals surface area contributed by atoms with E-state index in [1.165, 1.54) is 20.9 Å². The number of rotatable bonds is 3. The van der Waals surface area contributed by atoms with Gasteiger partial charge in [0, 0.05) is 20.8 Å². The molecule has 0 saturated heterocycles. The minimum absolute atomic E-state index is 1.13. The predicted molar refractivity (Wildman–Crippen MR) is 96.6 cm³/mol. The lowest BCUT2D eigenvalue weighted by molar-refractivity contribution is 1.63. The van der Waals surface area contributed by atoms with Crippen molar-refractivity contribution in [1.29, 1.82) is 0 Å². The van der Waals surface area contributed by atoms with Crippen LogP contribution in [-0.2, 0) is 0 Å². The first-order valence-electron chi connectivity index (χ1n) is 6.25. The fourth-order valence-corrected chi connectivity index (χ4v) is 4.81. The monoisotopic (exact) mass is 312 g/mol. The van der Waals surface area contributed by atoms with Gasteiger partial charge in [0.1, 0.15) is 0 Å². The van der Waals surface area contributed by atoms with Crippen molar-refractivity contribution in [2.45, 2.75) is 0 Å². The summed E-state index contributed by atoms with van der Waals surface area (Å²) < 4.78 is 0. The van der Waals surface area contributed by atoms with Crippen LogP contribution in [0.4, 0.5) is 0 Å². The average molecular weight is 312 g/mol. The van der Waals surface area contributed by atoms with Crippen LogP contribution in [0.2, 0.25) is 0 Å². The lowest BCUT2D eigenvalue weighted by atomic mass is 10.1. The van der Waals surface area contributed by atoms with Gasteiger partial charge in [-0.15, -0.1) is 0 Å².